The molecule has 0 fully saturated rings. The third kappa shape index (κ3) is 7.54. The van der Waals surface area contributed by atoms with Crippen molar-refractivity contribution in [3.05, 3.63) is 35.4 Å². The highest BCUT2D eigenvalue weighted by molar-refractivity contribution is 5.19. The smallest absolute Gasteiger partial charge is 0.00775 e. The molecule has 0 heterocycles. The highest BCUT2D eigenvalue weighted by atomic mass is 14.8. The van der Waals surface area contributed by atoms with Crippen LogP contribution in [0.25, 0.3) is 0 Å². The van der Waals surface area contributed by atoms with E-state index >= 15 is 0 Å². The Morgan fingerprint density at radius 1 is 0.846 bits per heavy atom. The Bertz CT molecular complexity index is 178. The fourth-order valence-corrected chi connectivity index (χ4v) is 0.887. The number of hydrogen-bond donors (Lipinski definition) is 1. The van der Waals surface area contributed by atoms with E-state index in [0.717, 1.165) is 13.1 Å². The molecule has 0 aliphatic carbocycles. The van der Waals surface area contributed by atoms with Crippen molar-refractivity contribution in [1.82, 2.24) is 5.32 Å². The molecule has 0 saturated carbocycles. The van der Waals surface area contributed by atoms with Gasteiger partial charge >= 0.3 is 0 Å². The van der Waals surface area contributed by atoms with Crippen molar-refractivity contribution in [1.29, 1.82) is 0 Å². The molecule has 1 nitrogen and oxygen atoms in total. The zero-order valence-electron chi connectivity index (χ0n) is 9.22. The normalized spacial score (nSPS) is 8.92. The number of nitrogens with one attached hydrogen (secondary N) is 1. The van der Waals surface area contributed by atoms with Crippen LogP contribution >= 0.6 is 0 Å². The zero-order valence-corrected chi connectivity index (χ0v) is 9.22. The van der Waals surface area contributed by atoms with Crippen molar-refractivity contribution >= 4 is 0 Å². The molecule has 13 heavy (non-hydrogen) atoms. The number of benzene rings is 1. The van der Waals surface area contributed by atoms with Crippen molar-refractivity contribution in [3.63, 3.8) is 0 Å². The summed E-state index contributed by atoms with van der Waals surface area (Å²) in [7, 11) is 0. The van der Waals surface area contributed by atoms with Gasteiger partial charge in [-0.2, -0.15) is 0 Å². The Morgan fingerprint density at radius 3 is 1.31 bits per heavy atom. The Hall–Kier alpha value is -0.820. The Labute approximate surface area is 82.2 Å². The van der Waals surface area contributed by atoms with Crippen LogP contribution in [-0.2, 0) is 0 Å². The summed E-state index contributed by atoms with van der Waals surface area (Å²) in [4.78, 5) is 0. The highest BCUT2D eigenvalue weighted by Gasteiger charge is 1.79. The number of rotatable bonds is 2. The topological polar surface area (TPSA) is 12.0 Å². The van der Waals surface area contributed by atoms with Gasteiger partial charge in [-0.25, -0.2) is 0 Å². The van der Waals surface area contributed by atoms with Crippen molar-refractivity contribution in [2.24, 2.45) is 0 Å². The quantitative estimate of drug-likeness (QED) is 0.736. The second-order valence-corrected chi connectivity index (χ2v) is 3.11. The van der Waals surface area contributed by atoms with Crippen molar-refractivity contribution in [3.8, 4) is 0 Å². The van der Waals surface area contributed by atoms with Crippen LogP contribution in [-0.4, -0.2) is 13.1 Å². The lowest BCUT2D eigenvalue weighted by atomic mass is 10.2. The van der Waals surface area contributed by atoms with Crippen LogP contribution in [0.1, 0.15) is 25.0 Å². The predicted octanol–water partition coefficient (Wildman–Crippen LogP) is 2.92. The first-order valence-electron chi connectivity index (χ1n) is 4.94. The largest absolute Gasteiger partial charge is 0.317 e. The summed E-state index contributed by atoms with van der Waals surface area (Å²) in [6.07, 6.45) is 0. The van der Waals surface area contributed by atoms with Crippen molar-refractivity contribution in [2.45, 2.75) is 27.7 Å². The van der Waals surface area contributed by atoms with Crippen LogP contribution in [0.2, 0.25) is 0 Å². The van der Waals surface area contributed by atoms with Crippen LogP contribution in [0.5, 0.6) is 0 Å². The Morgan fingerprint density at radius 2 is 1.15 bits per heavy atom. The number of hydrogen-bond acceptors (Lipinski definition) is 1. The minimum Gasteiger partial charge on any atom is -0.317 e. The molecule has 0 saturated heterocycles. The van der Waals surface area contributed by atoms with E-state index in [1.807, 2.05) is 0 Å². The molecule has 0 aromatic heterocycles. The van der Waals surface area contributed by atoms with E-state index in [2.05, 4.69) is 57.3 Å². The standard InChI is InChI=1S/C8H10.C4H11N/c1-7-3-5-8(2)6-4-7;1-3-5-4-2/h3-6H,1-2H3;5H,3-4H2,1-2H3. The summed E-state index contributed by atoms with van der Waals surface area (Å²) in [5.41, 5.74) is 2.66. The summed E-state index contributed by atoms with van der Waals surface area (Å²) in [6.45, 7) is 10.6. The average molecular weight is 179 g/mol. The molecule has 74 valence electrons. The maximum absolute atomic E-state index is 3.11. The lowest BCUT2D eigenvalue weighted by Gasteiger charge is -1.90. The molecule has 0 unspecified atom stereocenters. The summed E-state index contributed by atoms with van der Waals surface area (Å²) < 4.78 is 0. The lowest BCUT2D eigenvalue weighted by molar-refractivity contribution is 0.762. The van der Waals surface area contributed by atoms with Gasteiger partial charge in [-0.05, 0) is 26.9 Å². The van der Waals surface area contributed by atoms with Gasteiger partial charge in [-0.1, -0.05) is 49.2 Å². The Balaban J connectivity index is 0.000000252. The third-order valence-corrected chi connectivity index (χ3v) is 1.72. The maximum Gasteiger partial charge on any atom is -0.00775 e. The van der Waals surface area contributed by atoms with E-state index in [-0.39, 0.29) is 0 Å². The molecule has 1 heteroatoms. The van der Waals surface area contributed by atoms with E-state index in [0.29, 0.717) is 0 Å². The predicted molar refractivity (Wildman–Crippen MR) is 60.1 cm³/mol. The van der Waals surface area contributed by atoms with E-state index in [1.165, 1.54) is 11.1 Å². The minimum absolute atomic E-state index is 1.09. The van der Waals surface area contributed by atoms with Crippen LogP contribution in [0.4, 0.5) is 0 Å². The summed E-state index contributed by atoms with van der Waals surface area (Å²) in [6, 6.07) is 8.48. The molecular formula is C12H21N. The molecule has 0 aliphatic heterocycles. The number of aryl methyl sites for hydroxylation is 2. The summed E-state index contributed by atoms with van der Waals surface area (Å²) in [5, 5.41) is 3.11. The van der Waals surface area contributed by atoms with Gasteiger partial charge < -0.3 is 5.32 Å². The van der Waals surface area contributed by atoms with Gasteiger partial charge in [0.2, 0.25) is 0 Å². The first-order chi connectivity index (χ1) is 6.20. The van der Waals surface area contributed by atoms with Crippen LogP contribution in [0.3, 0.4) is 0 Å². The SMILES string of the molecule is CCNCC.Cc1ccc(C)cc1. The average Bonchev–Trinajstić information content (AvgIpc) is 2.13. The van der Waals surface area contributed by atoms with Crippen LogP contribution in [0.15, 0.2) is 24.3 Å². The van der Waals surface area contributed by atoms with Crippen LogP contribution < -0.4 is 5.32 Å². The molecule has 0 atom stereocenters. The molecule has 1 aromatic rings. The molecule has 0 spiro atoms. The fraction of sp³-hybridized carbons (Fsp3) is 0.500. The van der Waals surface area contributed by atoms with Crippen LogP contribution in [0, 0.1) is 13.8 Å². The third-order valence-electron chi connectivity index (χ3n) is 1.72. The molecule has 1 N–H and O–H groups in total. The Kier molecular flexibility index (Phi) is 7.32. The minimum atomic E-state index is 1.09. The molecule has 0 radical (unpaired) electrons. The van der Waals surface area contributed by atoms with E-state index in [1.54, 1.807) is 0 Å². The molecule has 1 aromatic carbocycles. The van der Waals surface area contributed by atoms with Gasteiger partial charge in [-0.15, -0.1) is 0 Å². The molecule has 1 rings (SSSR count). The van der Waals surface area contributed by atoms with Gasteiger partial charge in [0.25, 0.3) is 0 Å². The first kappa shape index (κ1) is 12.2. The maximum atomic E-state index is 3.11. The van der Waals surface area contributed by atoms with Gasteiger partial charge in [-0.3, -0.25) is 0 Å². The highest BCUT2D eigenvalue weighted by Crippen LogP contribution is 1.99. The lowest BCUT2D eigenvalue weighted by Crippen LogP contribution is -2.09. The van der Waals surface area contributed by atoms with Gasteiger partial charge in [0.05, 0.1) is 0 Å². The van der Waals surface area contributed by atoms with E-state index in [9.17, 15) is 0 Å². The molecule has 0 aliphatic rings. The summed E-state index contributed by atoms with van der Waals surface area (Å²) >= 11 is 0. The zero-order chi connectivity index (χ0) is 10.1. The van der Waals surface area contributed by atoms with E-state index < -0.39 is 0 Å². The van der Waals surface area contributed by atoms with E-state index in [4.69, 9.17) is 0 Å². The van der Waals surface area contributed by atoms with Crippen molar-refractivity contribution < 1.29 is 0 Å². The van der Waals surface area contributed by atoms with Gasteiger partial charge in [0, 0.05) is 0 Å². The second-order valence-electron chi connectivity index (χ2n) is 3.11. The second kappa shape index (κ2) is 7.81. The van der Waals surface area contributed by atoms with Crippen molar-refractivity contribution in [2.75, 3.05) is 13.1 Å². The summed E-state index contributed by atoms with van der Waals surface area (Å²) in [5.74, 6) is 0. The monoisotopic (exact) mass is 179 g/mol. The molecule has 0 bridgehead atoms. The first-order valence-corrected chi connectivity index (χ1v) is 4.94. The molecular weight excluding hydrogens is 158 g/mol. The fourth-order valence-electron chi connectivity index (χ4n) is 0.887. The molecule has 0 amide bonds. The van der Waals surface area contributed by atoms with Gasteiger partial charge in [0.1, 0.15) is 0 Å². The van der Waals surface area contributed by atoms with Gasteiger partial charge in [0.15, 0.2) is 0 Å².